The summed E-state index contributed by atoms with van der Waals surface area (Å²) in [5, 5.41) is 0. The van der Waals surface area contributed by atoms with Crippen molar-refractivity contribution in [3.8, 4) is 0 Å². The van der Waals surface area contributed by atoms with Crippen LogP contribution in [0.5, 0.6) is 0 Å². The van der Waals surface area contributed by atoms with Gasteiger partial charge in [0.25, 0.3) is 0 Å². The number of fused-ring (bicyclic) bond motifs is 1. The fourth-order valence-electron chi connectivity index (χ4n) is 2.08. The third-order valence-electron chi connectivity index (χ3n) is 3.02. The van der Waals surface area contributed by atoms with Crippen LogP contribution in [0.25, 0.3) is 11.1 Å². The van der Waals surface area contributed by atoms with Crippen LogP contribution in [0.15, 0.2) is 52.9 Å². The van der Waals surface area contributed by atoms with Gasteiger partial charge in [0.2, 0.25) is 0 Å². The second-order valence-electron chi connectivity index (χ2n) is 4.30. The number of anilines is 3. The predicted octanol–water partition coefficient (Wildman–Crippen LogP) is 3.57. The Morgan fingerprint density at radius 1 is 1.16 bits per heavy atom. The third-order valence-corrected chi connectivity index (χ3v) is 3.02. The first kappa shape index (κ1) is 11.6. The lowest BCUT2D eigenvalue weighted by atomic mass is 10.3. The number of nitrogens with two attached hydrogens (primary N) is 1. The molecular weight excluding hydrogens is 238 g/mol. The summed E-state index contributed by atoms with van der Waals surface area (Å²) >= 11 is 0. The second kappa shape index (κ2) is 4.65. The lowest BCUT2D eigenvalue weighted by Gasteiger charge is -2.17. The number of hydrogen-bond acceptors (Lipinski definition) is 4. The van der Waals surface area contributed by atoms with E-state index in [-0.39, 0.29) is 0 Å². The molecule has 0 amide bonds. The standard InChI is InChI=1S/C15H15N3O/c1-2-18(12-6-4-3-5-7-12)15-17-13-10-11(16)8-9-14(13)19-15/h3-10H,2,16H2,1H3. The highest BCUT2D eigenvalue weighted by atomic mass is 16.4. The Labute approximate surface area is 111 Å². The largest absolute Gasteiger partial charge is 0.423 e. The Hall–Kier alpha value is -2.49. The van der Waals surface area contributed by atoms with Gasteiger partial charge in [-0.25, -0.2) is 0 Å². The van der Waals surface area contributed by atoms with Crippen molar-refractivity contribution >= 4 is 28.5 Å². The molecule has 0 bridgehead atoms. The van der Waals surface area contributed by atoms with Crippen LogP contribution in [-0.4, -0.2) is 11.5 Å². The molecule has 1 heterocycles. The van der Waals surface area contributed by atoms with Gasteiger partial charge in [-0.05, 0) is 37.3 Å². The zero-order valence-corrected chi connectivity index (χ0v) is 10.7. The summed E-state index contributed by atoms with van der Waals surface area (Å²) in [6.45, 7) is 2.85. The molecule has 1 aromatic heterocycles. The van der Waals surface area contributed by atoms with Crippen molar-refractivity contribution in [3.63, 3.8) is 0 Å². The molecular formula is C15H15N3O. The molecule has 0 saturated heterocycles. The predicted molar refractivity (Wildman–Crippen MR) is 77.5 cm³/mol. The Morgan fingerprint density at radius 2 is 1.95 bits per heavy atom. The fourth-order valence-corrected chi connectivity index (χ4v) is 2.08. The number of nitrogen functional groups attached to an aromatic ring is 1. The van der Waals surface area contributed by atoms with Gasteiger partial charge in [-0.15, -0.1) is 0 Å². The summed E-state index contributed by atoms with van der Waals surface area (Å²) in [6.07, 6.45) is 0. The minimum Gasteiger partial charge on any atom is -0.423 e. The first-order valence-corrected chi connectivity index (χ1v) is 6.26. The van der Waals surface area contributed by atoms with Crippen LogP contribution in [0.1, 0.15) is 6.92 Å². The van der Waals surface area contributed by atoms with Gasteiger partial charge in [0.15, 0.2) is 5.58 Å². The molecule has 3 aromatic rings. The SMILES string of the molecule is CCN(c1ccccc1)c1nc2cc(N)ccc2o1. The molecule has 2 N–H and O–H groups in total. The van der Waals surface area contributed by atoms with Crippen molar-refractivity contribution in [2.75, 3.05) is 17.2 Å². The zero-order chi connectivity index (χ0) is 13.2. The Kier molecular flexibility index (Phi) is 2.83. The highest BCUT2D eigenvalue weighted by Gasteiger charge is 2.14. The lowest BCUT2D eigenvalue weighted by Crippen LogP contribution is -2.15. The van der Waals surface area contributed by atoms with Crippen molar-refractivity contribution in [1.82, 2.24) is 4.98 Å². The lowest BCUT2D eigenvalue weighted by molar-refractivity contribution is 0.595. The molecule has 3 rings (SSSR count). The molecule has 2 aromatic carbocycles. The van der Waals surface area contributed by atoms with Gasteiger partial charge < -0.3 is 10.2 Å². The number of benzene rings is 2. The maximum Gasteiger partial charge on any atom is 0.302 e. The highest BCUT2D eigenvalue weighted by Crippen LogP contribution is 2.28. The minimum atomic E-state index is 0.592. The van der Waals surface area contributed by atoms with Crippen LogP contribution in [0, 0.1) is 0 Å². The molecule has 0 aliphatic rings. The van der Waals surface area contributed by atoms with Crippen LogP contribution in [-0.2, 0) is 0 Å². The molecule has 0 spiro atoms. The molecule has 4 heteroatoms. The highest BCUT2D eigenvalue weighted by molar-refractivity contribution is 5.79. The molecule has 4 nitrogen and oxygen atoms in total. The van der Waals surface area contributed by atoms with Crippen molar-refractivity contribution in [3.05, 3.63) is 48.5 Å². The van der Waals surface area contributed by atoms with Crippen LogP contribution in [0.3, 0.4) is 0 Å². The van der Waals surface area contributed by atoms with E-state index in [0.717, 1.165) is 23.3 Å². The topological polar surface area (TPSA) is 55.3 Å². The number of rotatable bonds is 3. The molecule has 0 fully saturated rings. The van der Waals surface area contributed by atoms with E-state index >= 15 is 0 Å². The van der Waals surface area contributed by atoms with Crippen LogP contribution >= 0.6 is 0 Å². The Morgan fingerprint density at radius 3 is 2.68 bits per heavy atom. The molecule has 19 heavy (non-hydrogen) atoms. The molecule has 0 aliphatic carbocycles. The third kappa shape index (κ3) is 2.12. The summed E-state index contributed by atoms with van der Waals surface area (Å²) in [5.74, 6) is 0. The average Bonchev–Trinajstić information content (AvgIpc) is 2.83. The summed E-state index contributed by atoms with van der Waals surface area (Å²) in [6, 6.07) is 16.1. The van der Waals surface area contributed by atoms with E-state index in [4.69, 9.17) is 10.2 Å². The van der Waals surface area contributed by atoms with E-state index in [9.17, 15) is 0 Å². The van der Waals surface area contributed by atoms with Crippen molar-refractivity contribution in [2.45, 2.75) is 6.92 Å². The van der Waals surface area contributed by atoms with Crippen LogP contribution in [0.4, 0.5) is 17.4 Å². The van der Waals surface area contributed by atoms with Gasteiger partial charge in [0.1, 0.15) is 5.52 Å². The normalized spacial score (nSPS) is 10.8. The quantitative estimate of drug-likeness (QED) is 0.725. The minimum absolute atomic E-state index is 0.592. The molecule has 0 unspecified atom stereocenters. The van der Waals surface area contributed by atoms with Crippen molar-refractivity contribution in [1.29, 1.82) is 0 Å². The Bertz CT molecular complexity index is 691. The monoisotopic (exact) mass is 253 g/mol. The number of nitrogens with zero attached hydrogens (tertiary/aromatic N) is 2. The van der Waals surface area contributed by atoms with Gasteiger partial charge in [-0.3, -0.25) is 4.90 Å². The summed E-state index contributed by atoms with van der Waals surface area (Å²) in [4.78, 5) is 6.52. The summed E-state index contributed by atoms with van der Waals surface area (Å²) < 4.78 is 5.79. The molecule has 0 atom stereocenters. The van der Waals surface area contributed by atoms with Crippen LogP contribution in [0.2, 0.25) is 0 Å². The van der Waals surface area contributed by atoms with Crippen molar-refractivity contribution < 1.29 is 4.42 Å². The van der Waals surface area contributed by atoms with E-state index in [1.165, 1.54) is 0 Å². The second-order valence-corrected chi connectivity index (χ2v) is 4.30. The maximum absolute atomic E-state index is 5.79. The molecule has 0 aliphatic heterocycles. The smallest absolute Gasteiger partial charge is 0.302 e. The van der Waals surface area contributed by atoms with Gasteiger partial charge in [-0.1, -0.05) is 18.2 Å². The fraction of sp³-hybridized carbons (Fsp3) is 0.133. The molecule has 96 valence electrons. The summed E-state index contributed by atoms with van der Waals surface area (Å²) in [7, 11) is 0. The van der Waals surface area contributed by atoms with Gasteiger partial charge in [0, 0.05) is 17.9 Å². The molecule has 0 saturated carbocycles. The van der Waals surface area contributed by atoms with Crippen LogP contribution < -0.4 is 10.6 Å². The molecule has 0 radical (unpaired) electrons. The first-order chi connectivity index (χ1) is 9.28. The number of para-hydroxylation sites is 1. The zero-order valence-electron chi connectivity index (χ0n) is 10.7. The number of oxazole rings is 1. The van der Waals surface area contributed by atoms with E-state index in [1.807, 2.05) is 53.4 Å². The number of hydrogen-bond donors (Lipinski definition) is 1. The maximum atomic E-state index is 5.79. The van der Waals surface area contributed by atoms with Gasteiger partial charge >= 0.3 is 6.01 Å². The average molecular weight is 253 g/mol. The van der Waals surface area contributed by atoms with Gasteiger partial charge in [0.05, 0.1) is 0 Å². The summed E-state index contributed by atoms with van der Waals surface area (Å²) in [5.41, 5.74) is 9.04. The van der Waals surface area contributed by atoms with E-state index in [2.05, 4.69) is 11.9 Å². The van der Waals surface area contributed by atoms with E-state index in [1.54, 1.807) is 0 Å². The van der Waals surface area contributed by atoms with E-state index < -0.39 is 0 Å². The van der Waals surface area contributed by atoms with Gasteiger partial charge in [-0.2, -0.15) is 4.98 Å². The van der Waals surface area contributed by atoms with Crippen molar-refractivity contribution in [2.24, 2.45) is 0 Å². The Balaban J connectivity index is 2.07. The first-order valence-electron chi connectivity index (χ1n) is 6.26. The number of aromatic nitrogens is 1. The van der Waals surface area contributed by atoms with E-state index in [0.29, 0.717) is 11.7 Å².